The summed E-state index contributed by atoms with van der Waals surface area (Å²) in [5.74, 6) is 7.83. The lowest BCUT2D eigenvalue weighted by Crippen LogP contribution is -2.58. The van der Waals surface area contributed by atoms with Crippen molar-refractivity contribution in [3.63, 3.8) is 0 Å². The van der Waals surface area contributed by atoms with E-state index in [0.29, 0.717) is 29.4 Å². The summed E-state index contributed by atoms with van der Waals surface area (Å²) in [4.78, 5) is 22.8. The van der Waals surface area contributed by atoms with Crippen LogP contribution in [0.2, 0.25) is 5.02 Å². The zero-order valence-electron chi connectivity index (χ0n) is 53.9. The maximum atomic E-state index is 12.7. The molecule has 3 saturated heterocycles. The van der Waals surface area contributed by atoms with Gasteiger partial charge in [-0.1, -0.05) is 66.9 Å². The number of benzene rings is 5. The van der Waals surface area contributed by atoms with Crippen LogP contribution in [0.25, 0.3) is 22.3 Å². The number of carbonyl (C=O) groups excluding carboxylic acids is 1. The number of piperidine rings is 3. The SMILES string of the molecule is CCN(CC)C(=O)c1ccc(-c2ccc(OC)c(C3CCN([C@H]4C[C@H]5CC[C@H]4C5)CC3)c2)cc1.COc1ccc(-c2cccc(C#N)c2)cc1C1CCN([C@H]2C[C@H]3CC[C@H]2C3)CC1.Cc1ccc(Cl)cc1C1CCN(C2CCC[C@@]3(N)CC[C@@]2(N)C3)CC1. The molecule has 5 aromatic carbocycles. The van der Waals surface area contributed by atoms with Crippen molar-refractivity contribution in [2.45, 2.75) is 196 Å². The van der Waals surface area contributed by atoms with E-state index in [1.807, 2.05) is 55.1 Å². The van der Waals surface area contributed by atoms with Crippen molar-refractivity contribution >= 4 is 17.5 Å². The molecule has 5 aromatic rings. The third-order valence-corrected chi connectivity index (χ3v) is 24.1. The molecule has 0 aromatic heterocycles. The summed E-state index contributed by atoms with van der Waals surface area (Å²) in [6.45, 7) is 14.9. The monoisotopic (exact) mass is 1210 g/mol. The molecule has 470 valence electrons. The van der Waals surface area contributed by atoms with Gasteiger partial charge in [-0.15, -0.1) is 0 Å². The molecule has 9 fully saturated rings. The second kappa shape index (κ2) is 27.7. The van der Waals surface area contributed by atoms with Gasteiger partial charge in [0, 0.05) is 52.9 Å². The molecule has 6 aliphatic carbocycles. The number of nitrogens with zero attached hydrogens (tertiary/aromatic N) is 5. The first-order valence-corrected chi connectivity index (χ1v) is 34.9. The van der Waals surface area contributed by atoms with Crippen LogP contribution in [0, 0.1) is 41.9 Å². The largest absolute Gasteiger partial charge is 0.496 e. The summed E-state index contributed by atoms with van der Waals surface area (Å²) in [6.07, 6.45) is 25.9. The molecule has 6 bridgehead atoms. The molecular weight excluding hydrogens is 1110 g/mol. The number of fused-ring (bicyclic) bond motifs is 6. The number of hydrogen-bond acceptors (Lipinski definition) is 9. The molecule has 0 spiro atoms. The van der Waals surface area contributed by atoms with E-state index >= 15 is 0 Å². The molecule has 6 saturated carbocycles. The highest BCUT2D eigenvalue weighted by molar-refractivity contribution is 6.30. The number of ether oxygens (including phenoxy) is 2. The number of nitriles is 1. The van der Waals surface area contributed by atoms with Gasteiger partial charge in [0.15, 0.2) is 0 Å². The van der Waals surface area contributed by atoms with Crippen LogP contribution in [-0.2, 0) is 0 Å². The Morgan fingerprint density at radius 1 is 0.591 bits per heavy atom. The third-order valence-electron chi connectivity index (χ3n) is 23.8. The van der Waals surface area contributed by atoms with Gasteiger partial charge in [0.25, 0.3) is 5.91 Å². The van der Waals surface area contributed by atoms with Crippen LogP contribution in [0.15, 0.2) is 103 Å². The molecule has 1 unspecified atom stereocenters. The predicted molar refractivity (Wildman–Crippen MR) is 359 cm³/mol. The van der Waals surface area contributed by atoms with Crippen LogP contribution in [0.4, 0.5) is 0 Å². The molecule has 1 amide bonds. The first kappa shape index (κ1) is 62.9. The van der Waals surface area contributed by atoms with Gasteiger partial charge in [0.1, 0.15) is 11.5 Å². The van der Waals surface area contributed by atoms with Gasteiger partial charge in [-0.05, 0) is 322 Å². The Labute approximate surface area is 533 Å². The van der Waals surface area contributed by atoms with Crippen molar-refractivity contribution in [3.05, 3.63) is 142 Å². The average Bonchev–Trinajstić information content (AvgIpc) is 1.77. The topological polar surface area (TPSA) is 124 Å². The summed E-state index contributed by atoms with van der Waals surface area (Å²) >= 11 is 6.24. The number of nitrogens with two attached hydrogens (primary N) is 2. The second-order valence-electron chi connectivity index (χ2n) is 28.8. The van der Waals surface area contributed by atoms with Crippen molar-refractivity contribution in [2.24, 2.45) is 35.1 Å². The fourth-order valence-electron chi connectivity index (χ4n) is 19.0. The molecule has 9 aliphatic rings. The van der Waals surface area contributed by atoms with Gasteiger partial charge in [-0.3, -0.25) is 9.69 Å². The zero-order valence-corrected chi connectivity index (χ0v) is 54.6. The van der Waals surface area contributed by atoms with Gasteiger partial charge < -0.3 is 35.6 Å². The molecule has 88 heavy (non-hydrogen) atoms. The number of likely N-dealkylation sites (tertiary alicyclic amines) is 3. The van der Waals surface area contributed by atoms with Gasteiger partial charge in [0.05, 0.1) is 25.9 Å². The molecule has 3 heterocycles. The van der Waals surface area contributed by atoms with E-state index in [2.05, 4.69) is 94.4 Å². The number of amides is 1. The van der Waals surface area contributed by atoms with E-state index in [1.54, 1.807) is 14.2 Å². The minimum atomic E-state index is -0.0654. The van der Waals surface area contributed by atoms with E-state index in [1.165, 1.54) is 162 Å². The molecule has 14 rings (SSSR count). The molecule has 9 atom stereocenters. The van der Waals surface area contributed by atoms with Crippen LogP contribution in [-0.4, -0.2) is 121 Å². The van der Waals surface area contributed by atoms with Crippen LogP contribution in [0.1, 0.15) is 198 Å². The summed E-state index contributed by atoms with van der Waals surface area (Å²) < 4.78 is 11.5. The Balaban J connectivity index is 0.000000130. The summed E-state index contributed by atoms with van der Waals surface area (Å²) in [5, 5.41) is 10.1. The molecule has 10 nitrogen and oxygen atoms in total. The minimum absolute atomic E-state index is 0.0136. The van der Waals surface area contributed by atoms with Crippen molar-refractivity contribution in [3.8, 4) is 39.8 Å². The molecule has 4 N–H and O–H groups in total. The van der Waals surface area contributed by atoms with E-state index in [0.717, 1.165) is 121 Å². The van der Waals surface area contributed by atoms with E-state index < -0.39 is 0 Å². The molecule has 11 heteroatoms. The zero-order chi connectivity index (χ0) is 61.1. The highest BCUT2D eigenvalue weighted by Crippen LogP contribution is 2.51. The van der Waals surface area contributed by atoms with Gasteiger partial charge in [-0.25, -0.2) is 0 Å². The Hall–Kier alpha value is -5.25. The van der Waals surface area contributed by atoms with Crippen LogP contribution >= 0.6 is 11.6 Å². The summed E-state index contributed by atoms with van der Waals surface area (Å²) in [5.41, 5.74) is 25.0. The number of rotatable bonds is 13. The average molecular weight is 1210 g/mol. The lowest BCUT2D eigenvalue weighted by molar-refractivity contribution is 0.0773. The van der Waals surface area contributed by atoms with Gasteiger partial charge in [-0.2, -0.15) is 5.26 Å². The molecular formula is C77H102ClN7O3. The lowest BCUT2D eigenvalue weighted by atomic mass is 9.82. The highest BCUT2D eigenvalue weighted by Gasteiger charge is 2.52. The number of carbonyl (C=O) groups is 1. The molecule has 3 aliphatic heterocycles. The first-order chi connectivity index (χ1) is 42.7. The minimum Gasteiger partial charge on any atom is -0.496 e. The standard InChI is InChI=1S/C30H40N2O2.C26H30N2O.C21H32ClN3/c1-4-31(5-2)30(33)24-10-8-22(9-11-24)25-12-13-29(34-3)27(20-25)23-14-16-32(17-15-23)28-19-21-6-7-26(28)18-21;1-29-26-8-7-22(21-4-2-3-19(14-21)17-27)16-24(26)20-9-11-28(12-10-20)25-15-18-5-6-23(25)13-18;1-15-4-5-17(22)13-18(15)16-6-11-25(12-7-16)19-3-2-8-20(23)9-10-21(19,24)14-20/h8-13,20-21,23,26,28H,4-7,14-19H2,1-3H3;2-4,7-8,14,16,18,20,23,25H,5-6,9-13,15H2,1H3;4-5,13,16,19H,2-3,6-12,14,23-24H2,1H3/t21-,26-,28-;18-,23-,25-;19?,20-,21-/m001/s1. The van der Waals surface area contributed by atoms with Gasteiger partial charge >= 0.3 is 0 Å². The normalized spacial score (nSPS) is 29.1. The maximum Gasteiger partial charge on any atom is 0.253 e. The maximum absolute atomic E-state index is 12.7. The Bertz CT molecular complexity index is 3220. The van der Waals surface area contributed by atoms with Crippen LogP contribution in [0.3, 0.4) is 0 Å². The number of halogens is 1. The number of methoxy groups -OCH3 is 2. The highest BCUT2D eigenvalue weighted by atomic mass is 35.5. The Morgan fingerprint density at radius 2 is 1.11 bits per heavy atom. The quantitative estimate of drug-likeness (QED) is 0.119. The number of aryl methyl sites for hydroxylation is 1. The van der Waals surface area contributed by atoms with Crippen molar-refractivity contribution in [1.82, 2.24) is 19.6 Å². The van der Waals surface area contributed by atoms with Crippen molar-refractivity contribution in [2.75, 3.05) is 66.6 Å². The van der Waals surface area contributed by atoms with E-state index in [-0.39, 0.29) is 17.0 Å². The van der Waals surface area contributed by atoms with Crippen molar-refractivity contribution in [1.29, 1.82) is 5.26 Å². The smallest absolute Gasteiger partial charge is 0.253 e. The molecule has 0 radical (unpaired) electrons. The predicted octanol–water partition coefficient (Wildman–Crippen LogP) is 15.8. The Kier molecular flexibility index (Phi) is 19.8. The van der Waals surface area contributed by atoms with Crippen LogP contribution in [0.5, 0.6) is 11.5 Å². The van der Waals surface area contributed by atoms with E-state index in [4.69, 9.17) is 32.5 Å². The van der Waals surface area contributed by atoms with E-state index in [9.17, 15) is 10.1 Å². The lowest BCUT2D eigenvalue weighted by Gasteiger charge is -2.45. The van der Waals surface area contributed by atoms with Gasteiger partial charge in [0.2, 0.25) is 0 Å². The third kappa shape index (κ3) is 13.7. The van der Waals surface area contributed by atoms with Crippen molar-refractivity contribution < 1.29 is 14.3 Å². The fraction of sp³-hybridized carbons (Fsp3) is 0.584. The first-order valence-electron chi connectivity index (χ1n) is 34.6. The summed E-state index contributed by atoms with van der Waals surface area (Å²) in [7, 11) is 3.57. The summed E-state index contributed by atoms with van der Waals surface area (Å²) in [6, 6.07) is 39.9. The second-order valence-corrected chi connectivity index (χ2v) is 29.2. The fourth-order valence-corrected chi connectivity index (χ4v) is 19.2. The Morgan fingerprint density at radius 3 is 1.62 bits per heavy atom. The van der Waals surface area contributed by atoms with Crippen LogP contribution < -0.4 is 20.9 Å². The number of hydrogen-bond donors (Lipinski definition) is 2.